The molecule has 0 aromatic heterocycles. The van der Waals surface area contributed by atoms with E-state index in [2.05, 4.69) is 11.4 Å². The van der Waals surface area contributed by atoms with E-state index in [4.69, 9.17) is 14.7 Å². The lowest BCUT2D eigenvalue weighted by Gasteiger charge is -2.12. The second-order valence-corrected chi connectivity index (χ2v) is 6.23. The third-order valence-corrected chi connectivity index (χ3v) is 4.25. The Morgan fingerprint density at radius 2 is 2.04 bits per heavy atom. The molecule has 0 atom stereocenters. The van der Waals surface area contributed by atoms with Crippen LogP contribution in [0, 0.1) is 11.3 Å². The standard InChI is InChI=1S/C21H24N2O4/c1-26-19-9-7-17(8-10-19)13-18(14-22)21(25)27-15-20(24)23-12-11-16-5-3-2-4-6-16/h5,7-10,13H,2-4,6,11-12,15H2,1H3,(H,23,24)/b18-13+. The van der Waals surface area contributed by atoms with Gasteiger partial charge in [0, 0.05) is 6.54 Å². The van der Waals surface area contributed by atoms with Crippen LogP contribution in [0.1, 0.15) is 37.7 Å². The number of esters is 1. The lowest BCUT2D eigenvalue weighted by molar-refractivity contribution is -0.144. The van der Waals surface area contributed by atoms with Gasteiger partial charge in [0.15, 0.2) is 6.61 Å². The van der Waals surface area contributed by atoms with Crippen LogP contribution in [0.25, 0.3) is 6.08 Å². The van der Waals surface area contributed by atoms with E-state index in [0.29, 0.717) is 17.9 Å². The van der Waals surface area contributed by atoms with Gasteiger partial charge in [0.2, 0.25) is 0 Å². The van der Waals surface area contributed by atoms with Crippen molar-refractivity contribution in [3.05, 3.63) is 47.1 Å². The number of amides is 1. The topological polar surface area (TPSA) is 88.4 Å². The molecular formula is C21H24N2O4. The molecule has 0 heterocycles. The molecule has 0 spiro atoms. The Kier molecular flexibility index (Phi) is 8.11. The van der Waals surface area contributed by atoms with Gasteiger partial charge in [-0.2, -0.15) is 5.26 Å². The largest absolute Gasteiger partial charge is 0.497 e. The quantitative estimate of drug-likeness (QED) is 0.330. The molecule has 1 aliphatic rings. The first-order valence-electron chi connectivity index (χ1n) is 9.00. The molecule has 0 saturated carbocycles. The van der Waals surface area contributed by atoms with Crippen LogP contribution in [0.2, 0.25) is 0 Å². The van der Waals surface area contributed by atoms with Crippen molar-refractivity contribution >= 4 is 18.0 Å². The Morgan fingerprint density at radius 3 is 2.67 bits per heavy atom. The average Bonchev–Trinajstić information content (AvgIpc) is 2.71. The highest BCUT2D eigenvalue weighted by molar-refractivity contribution is 5.98. The molecule has 6 nitrogen and oxygen atoms in total. The molecule has 0 aliphatic heterocycles. The van der Waals surface area contributed by atoms with Gasteiger partial charge in [-0.15, -0.1) is 0 Å². The highest BCUT2D eigenvalue weighted by Crippen LogP contribution is 2.19. The monoisotopic (exact) mass is 368 g/mol. The van der Waals surface area contributed by atoms with Crippen molar-refractivity contribution in [2.45, 2.75) is 32.1 Å². The van der Waals surface area contributed by atoms with Crippen LogP contribution in [-0.4, -0.2) is 32.1 Å². The van der Waals surface area contributed by atoms with Gasteiger partial charge in [-0.25, -0.2) is 4.79 Å². The van der Waals surface area contributed by atoms with Gasteiger partial charge < -0.3 is 14.8 Å². The number of carbonyl (C=O) groups is 2. The van der Waals surface area contributed by atoms with Crippen LogP contribution in [0.15, 0.2) is 41.5 Å². The van der Waals surface area contributed by atoms with Crippen molar-refractivity contribution in [3.63, 3.8) is 0 Å². The summed E-state index contributed by atoms with van der Waals surface area (Å²) in [5.74, 6) is -0.520. The summed E-state index contributed by atoms with van der Waals surface area (Å²) >= 11 is 0. The summed E-state index contributed by atoms with van der Waals surface area (Å²) in [6, 6.07) is 8.69. The number of hydrogen-bond acceptors (Lipinski definition) is 5. The van der Waals surface area contributed by atoms with E-state index in [-0.39, 0.29) is 11.5 Å². The lowest BCUT2D eigenvalue weighted by Crippen LogP contribution is -2.30. The molecule has 27 heavy (non-hydrogen) atoms. The summed E-state index contributed by atoms with van der Waals surface area (Å²) < 4.78 is 9.99. The van der Waals surface area contributed by atoms with Crippen molar-refractivity contribution < 1.29 is 19.1 Å². The van der Waals surface area contributed by atoms with Gasteiger partial charge in [-0.3, -0.25) is 4.79 Å². The Labute approximate surface area is 159 Å². The van der Waals surface area contributed by atoms with Crippen LogP contribution in [-0.2, 0) is 14.3 Å². The Bertz CT molecular complexity index is 757. The van der Waals surface area contributed by atoms with Gasteiger partial charge in [0.25, 0.3) is 5.91 Å². The number of nitrogens with zero attached hydrogens (tertiary/aromatic N) is 1. The summed E-state index contributed by atoms with van der Waals surface area (Å²) in [6.07, 6.45) is 9.10. The minimum Gasteiger partial charge on any atom is -0.497 e. The number of allylic oxidation sites excluding steroid dienone is 1. The molecular weight excluding hydrogens is 344 g/mol. The lowest BCUT2D eigenvalue weighted by atomic mass is 9.97. The minimum atomic E-state index is -0.821. The van der Waals surface area contributed by atoms with Crippen molar-refractivity contribution in [2.24, 2.45) is 0 Å². The van der Waals surface area contributed by atoms with E-state index < -0.39 is 12.6 Å². The molecule has 0 radical (unpaired) electrons. The van der Waals surface area contributed by atoms with Crippen LogP contribution in [0.4, 0.5) is 0 Å². The fraction of sp³-hybridized carbons (Fsp3) is 0.381. The summed E-state index contributed by atoms with van der Waals surface area (Å²) in [7, 11) is 1.56. The van der Waals surface area contributed by atoms with E-state index in [0.717, 1.165) is 19.3 Å². The third-order valence-electron chi connectivity index (χ3n) is 4.25. The molecule has 0 fully saturated rings. The second kappa shape index (κ2) is 10.8. The summed E-state index contributed by atoms with van der Waals surface area (Å²) in [5, 5.41) is 11.9. The smallest absolute Gasteiger partial charge is 0.349 e. The van der Waals surface area contributed by atoms with E-state index in [1.807, 2.05) is 0 Å². The fourth-order valence-corrected chi connectivity index (χ4v) is 2.76. The van der Waals surface area contributed by atoms with Crippen LogP contribution in [0.3, 0.4) is 0 Å². The average molecular weight is 368 g/mol. The van der Waals surface area contributed by atoms with E-state index in [1.165, 1.54) is 24.5 Å². The first-order valence-corrected chi connectivity index (χ1v) is 9.00. The molecule has 0 unspecified atom stereocenters. The van der Waals surface area contributed by atoms with Gasteiger partial charge in [-0.1, -0.05) is 23.8 Å². The molecule has 1 aromatic rings. The number of methoxy groups -OCH3 is 1. The normalized spacial score (nSPS) is 13.9. The Balaban J connectivity index is 1.78. The van der Waals surface area contributed by atoms with Crippen molar-refractivity contribution in [1.82, 2.24) is 5.32 Å². The molecule has 1 aromatic carbocycles. The molecule has 142 valence electrons. The number of hydrogen-bond donors (Lipinski definition) is 1. The maximum absolute atomic E-state index is 12.0. The summed E-state index contributed by atoms with van der Waals surface area (Å²) in [4.78, 5) is 23.8. The highest BCUT2D eigenvalue weighted by atomic mass is 16.5. The summed E-state index contributed by atoms with van der Waals surface area (Å²) in [6.45, 7) is 0.120. The first kappa shape index (κ1) is 20.2. The second-order valence-electron chi connectivity index (χ2n) is 6.23. The van der Waals surface area contributed by atoms with Crippen molar-refractivity contribution in [1.29, 1.82) is 5.26 Å². The van der Waals surface area contributed by atoms with Crippen LogP contribution in [0.5, 0.6) is 5.75 Å². The van der Waals surface area contributed by atoms with E-state index >= 15 is 0 Å². The molecule has 0 bridgehead atoms. The summed E-state index contributed by atoms with van der Waals surface area (Å²) in [5.41, 5.74) is 1.86. The maximum Gasteiger partial charge on any atom is 0.349 e. The van der Waals surface area contributed by atoms with Gasteiger partial charge >= 0.3 is 5.97 Å². The fourth-order valence-electron chi connectivity index (χ4n) is 2.76. The number of carbonyl (C=O) groups excluding carboxylic acids is 2. The van der Waals surface area contributed by atoms with Gasteiger partial charge in [-0.05, 0) is 55.9 Å². The number of benzene rings is 1. The predicted octanol–water partition coefficient (Wildman–Crippen LogP) is 3.15. The third kappa shape index (κ3) is 6.98. The molecule has 2 rings (SSSR count). The number of nitrogens with one attached hydrogen (secondary N) is 1. The number of rotatable bonds is 8. The molecule has 0 saturated heterocycles. The Morgan fingerprint density at radius 1 is 1.26 bits per heavy atom. The van der Waals surface area contributed by atoms with Crippen molar-refractivity contribution in [3.8, 4) is 11.8 Å². The zero-order valence-corrected chi connectivity index (χ0v) is 15.5. The van der Waals surface area contributed by atoms with Crippen LogP contribution < -0.4 is 10.1 Å². The van der Waals surface area contributed by atoms with Gasteiger partial charge in [0.05, 0.1) is 7.11 Å². The van der Waals surface area contributed by atoms with E-state index in [1.54, 1.807) is 37.4 Å². The number of nitriles is 1. The SMILES string of the molecule is COc1ccc(/C=C(\C#N)C(=O)OCC(=O)NCCC2=CCCCC2)cc1. The predicted molar refractivity (Wildman–Crippen MR) is 102 cm³/mol. The highest BCUT2D eigenvalue weighted by Gasteiger charge is 2.13. The van der Waals surface area contributed by atoms with Crippen LogP contribution >= 0.6 is 0 Å². The van der Waals surface area contributed by atoms with E-state index in [9.17, 15) is 9.59 Å². The minimum absolute atomic E-state index is 0.166. The first-order chi connectivity index (χ1) is 13.1. The zero-order valence-electron chi connectivity index (χ0n) is 15.5. The van der Waals surface area contributed by atoms with Gasteiger partial charge in [0.1, 0.15) is 17.4 Å². The molecule has 1 N–H and O–H groups in total. The molecule has 1 aliphatic carbocycles. The molecule has 1 amide bonds. The number of ether oxygens (including phenoxy) is 2. The maximum atomic E-state index is 12.0. The zero-order chi connectivity index (χ0) is 19.5. The molecule has 6 heteroatoms. The van der Waals surface area contributed by atoms with Crippen molar-refractivity contribution in [2.75, 3.05) is 20.3 Å². The Hall–Kier alpha value is -3.07.